The second kappa shape index (κ2) is 7.24. The van der Waals surface area contributed by atoms with Crippen molar-refractivity contribution in [1.82, 2.24) is 5.32 Å². The van der Waals surface area contributed by atoms with Gasteiger partial charge < -0.3 is 19.5 Å². The minimum Gasteiger partial charge on any atom is -0.493 e. The quantitative estimate of drug-likeness (QED) is 0.810. The molecule has 0 unspecified atom stereocenters. The van der Waals surface area contributed by atoms with Gasteiger partial charge in [-0.3, -0.25) is 0 Å². The molecule has 0 aliphatic rings. The second-order valence-corrected chi connectivity index (χ2v) is 4.35. The summed E-state index contributed by atoms with van der Waals surface area (Å²) in [6, 6.07) is 5.87. The molecule has 0 fully saturated rings. The van der Waals surface area contributed by atoms with Gasteiger partial charge in [0, 0.05) is 6.54 Å². The molecule has 4 nitrogen and oxygen atoms in total. The molecule has 0 radical (unpaired) electrons. The van der Waals surface area contributed by atoms with E-state index in [9.17, 15) is 0 Å². The zero-order chi connectivity index (χ0) is 13.5. The van der Waals surface area contributed by atoms with Gasteiger partial charge in [-0.1, -0.05) is 6.07 Å². The number of ether oxygens (including phenoxy) is 3. The van der Waals surface area contributed by atoms with E-state index < -0.39 is 0 Å². The second-order valence-electron chi connectivity index (χ2n) is 4.35. The molecule has 0 amide bonds. The summed E-state index contributed by atoms with van der Waals surface area (Å²) in [4.78, 5) is 0. The lowest BCUT2D eigenvalue weighted by atomic mass is 10.1. The predicted molar refractivity (Wildman–Crippen MR) is 72.4 cm³/mol. The standard InChI is InChI=1S/C14H23NO3/c1-10(2)18-14(9-15-3)11-6-7-12(16-4)13(8-11)17-5/h6-8,10,14-15H,9H2,1-5H3/t14-/m1/s1. The van der Waals surface area contributed by atoms with Crippen LogP contribution in [0.25, 0.3) is 0 Å². The normalized spacial score (nSPS) is 12.6. The van der Waals surface area contributed by atoms with Crippen LogP contribution < -0.4 is 14.8 Å². The first-order valence-corrected chi connectivity index (χ1v) is 6.14. The average molecular weight is 253 g/mol. The number of hydrogen-bond donors (Lipinski definition) is 1. The van der Waals surface area contributed by atoms with Gasteiger partial charge in [-0.25, -0.2) is 0 Å². The van der Waals surface area contributed by atoms with Crippen LogP contribution in [-0.2, 0) is 4.74 Å². The molecule has 1 aromatic rings. The highest BCUT2D eigenvalue weighted by molar-refractivity contribution is 5.43. The zero-order valence-electron chi connectivity index (χ0n) is 11.8. The van der Waals surface area contributed by atoms with Gasteiger partial charge in [0.1, 0.15) is 0 Å². The van der Waals surface area contributed by atoms with E-state index in [0.29, 0.717) is 0 Å². The van der Waals surface area contributed by atoms with E-state index in [1.165, 1.54) is 0 Å². The number of methoxy groups -OCH3 is 2. The molecular weight excluding hydrogens is 230 g/mol. The van der Waals surface area contributed by atoms with E-state index in [2.05, 4.69) is 5.32 Å². The number of benzene rings is 1. The molecule has 4 heteroatoms. The molecule has 0 saturated carbocycles. The van der Waals surface area contributed by atoms with Gasteiger partial charge in [0.25, 0.3) is 0 Å². The summed E-state index contributed by atoms with van der Waals surface area (Å²) in [6.07, 6.45) is 0.186. The Balaban J connectivity index is 2.97. The third kappa shape index (κ3) is 3.89. The van der Waals surface area contributed by atoms with E-state index in [4.69, 9.17) is 14.2 Å². The van der Waals surface area contributed by atoms with Gasteiger partial charge in [0.2, 0.25) is 0 Å². The molecule has 0 aliphatic carbocycles. The summed E-state index contributed by atoms with van der Waals surface area (Å²) in [5, 5.41) is 3.14. The van der Waals surface area contributed by atoms with Gasteiger partial charge in [0.05, 0.1) is 26.4 Å². The van der Waals surface area contributed by atoms with Crippen molar-refractivity contribution >= 4 is 0 Å². The van der Waals surface area contributed by atoms with E-state index >= 15 is 0 Å². The largest absolute Gasteiger partial charge is 0.493 e. The summed E-state index contributed by atoms with van der Waals surface area (Å²) in [5.74, 6) is 1.46. The van der Waals surface area contributed by atoms with E-state index in [1.54, 1.807) is 14.2 Å². The van der Waals surface area contributed by atoms with E-state index in [0.717, 1.165) is 23.6 Å². The van der Waals surface area contributed by atoms with Crippen molar-refractivity contribution in [3.8, 4) is 11.5 Å². The SMILES string of the molecule is CNC[C@@H](OC(C)C)c1ccc(OC)c(OC)c1. The molecule has 0 heterocycles. The van der Waals surface area contributed by atoms with Crippen LogP contribution in [0.2, 0.25) is 0 Å². The maximum Gasteiger partial charge on any atom is 0.161 e. The number of nitrogens with one attached hydrogen (secondary N) is 1. The molecule has 1 atom stereocenters. The molecule has 0 aromatic heterocycles. The fourth-order valence-corrected chi connectivity index (χ4v) is 1.81. The lowest BCUT2D eigenvalue weighted by Gasteiger charge is -2.21. The lowest BCUT2D eigenvalue weighted by Crippen LogP contribution is -2.22. The monoisotopic (exact) mass is 253 g/mol. The third-order valence-corrected chi connectivity index (χ3v) is 2.61. The molecule has 1 aromatic carbocycles. The first kappa shape index (κ1) is 14.8. The topological polar surface area (TPSA) is 39.7 Å². The third-order valence-electron chi connectivity index (χ3n) is 2.61. The van der Waals surface area contributed by atoms with Crippen molar-refractivity contribution in [3.05, 3.63) is 23.8 Å². The van der Waals surface area contributed by atoms with Gasteiger partial charge in [-0.15, -0.1) is 0 Å². The Hall–Kier alpha value is -1.26. The Kier molecular flexibility index (Phi) is 5.95. The first-order chi connectivity index (χ1) is 8.62. The fraction of sp³-hybridized carbons (Fsp3) is 0.571. The van der Waals surface area contributed by atoms with Crippen molar-refractivity contribution in [2.45, 2.75) is 26.1 Å². The van der Waals surface area contributed by atoms with Crippen LogP contribution in [0.5, 0.6) is 11.5 Å². The maximum absolute atomic E-state index is 5.89. The van der Waals surface area contributed by atoms with E-state index in [1.807, 2.05) is 39.1 Å². The minimum absolute atomic E-state index is 0.00908. The average Bonchev–Trinajstić information content (AvgIpc) is 2.37. The van der Waals surface area contributed by atoms with Gasteiger partial charge in [-0.2, -0.15) is 0 Å². The number of likely N-dealkylation sites (N-methyl/N-ethyl adjacent to an activating group) is 1. The smallest absolute Gasteiger partial charge is 0.161 e. The Morgan fingerprint density at radius 1 is 1.11 bits per heavy atom. The molecule has 0 bridgehead atoms. The van der Waals surface area contributed by atoms with Crippen molar-refractivity contribution in [2.75, 3.05) is 27.8 Å². The van der Waals surface area contributed by atoms with Gasteiger partial charge in [0.15, 0.2) is 11.5 Å². The van der Waals surface area contributed by atoms with Crippen LogP contribution in [0.15, 0.2) is 18.2 Å². The Bertz CT molecular complexity index is 366. The van der Waals surface area contributed by atoms with Crippen LogP contribution in [0, 0.1) is 0 Å². The fourth-order valence-electron chi connectivity index (χ4n) is 1.81. The molecular formula is C14H23NO3. The van der Waals surface area contributed by atoms with Crippen LogP contribution >= 0.6 is 0 Å². The molecule has 0 aliphatic heterocycles. The van der Waals surface area contributed by atoms with Crippen LogP contribution in [0.3, 0.4) is 0 Å². The number of rotatable bonds is 7. The van der Waals surface area contributed by atoms with Gasteiger partial charge >= 0.3 is 0 Å². The molecule has 0 spiro atoms. The molecule has 102 valence electrons. The first-order valence-electron chi connectivity index (χ1n) is 6.14. The molecule has 18 heavy (non-hydrogen) atoms. The Labute approximate surface area is 109 Å². The zero-order valence-corrected chi connectivity index (χ0v) is 11.8. The van der Waals surface area contributed by atoms with Crippen LogP contribution in [0.4, 0.5) is 0 Å². The summed E-state index contributed by atoms with van der Waals surface area (Å²) in [5.41, 5.74) is 1.08. The Morgan fingerprint density at radius 2 is 1.78 bits per heavy atom. The minimum atomic E-state index is 0.00908. The summed E-state index contributed by atoms with van der Waals surface area (Å²) in [7, 11) is 5.18. The maximum atomic E-state index is 5.89. The van der Waals surface area contributed by atoms with Crippen molar-refractivity contribution in [3.63, 3.8) is 0 Å². The highest BCUT2D eigenvalue weighted by Gasteiger charge is 2.15. The van der Waals surface area contributed by atoms with Crippen molar-refractivity contribution < 1.29 is 14.2 Å². The van der Waals surface area contributed by atoms with Crippen LogP contribution in [-0.4, -0.2) is 33.9 Å². The molecule has 0 saturated heterocycles. The summed E-state index contributed by atoms with van der Waals surface area (Å²) < 4.78 is 16.4. The lowest BCUT2D eigenvalue weighted by molar-refractivity contribution is 0.00801. The van der Waals surface area contributed by atoms with Crippen molar-refractivity contribution in [1.29, 1.82) is 0 Å². The highest BCUT2D eigenvalue weighted by Crippen LogP contribution is 2.31. The van der Waals surface area contributed by atoms with E-state index in [-0.39, 0.29) is 12.2 Å². The van der Waals surface area contributed by atoms with Gasteiger partial charge in [-0.05, 0) is 38.6 Å². The molecule has 1 N–H and O–H groups in total. The highest BCUT2D eigenvalue weighted by atomic mass is 16.5. The van der Waals surface area contributed by atoms with Crippen molar-refractivity contribution in [2.24, 2.45) is 0 Å². The predicted octanol–water partition coefficient (Wildman–Crippen LogP) is 2.39. The summed E-state index contributed by atoms with van der Waals surface area (Å²) in [6.45, 7) is 4.82. The number of hydrogen-bond acceptors (Lipinski definition) is 4. The molecule has 1 rings (SSSR count). The van der Waals surface area contributed by atoms with Crippen LogP contribution in [0.1, 0.15) is 25.5 Å². The Morgan fingerprint density at radius 3 is 2.28 bits per heavy atom. The summed E-state index contributed by atoms with van der Waals surface area (Å²) >= 11 is 0.